The zero-order chi connectivity index (χ0) is 18.0. The first-order chi connectivity index (χ1) is 12.7. The second kappa shape index (κ2) is 7.02. The van der Waals surface area contributed by atoms with Gasteiger partial charge in [-0.05, 0) is 25.0 Å². The molecule has 1 unspecified atom stereocenters. The third-order valence-electron chi connectivity index (χ3n) is 5.50. The van der Waals surface area contributed by atoms with Crippen LogP contribution in [0.5, 0.6) is 0 Å². The van der Waals surface area contributed by atoms with Crippen LogP contribution in [0.4, 0.5) is 0 Å². The predicted molar refractivity (Wildman–Crippen MR) is 102 cm³/mol. The topological polar surface area (TPSA) is 69.9 Å². The van der Waals surface area contributed by atoms with E-state index in [9.17, 15) is 4.79 Å². The number of piperidine rings is 1. The lowest BCUT2D eigenvalue weighted by Crippen LogP contribution is -2.51. The Kier molecular flexibility index (Phi) is 4.57. The highest BCUT2D eigenvalue weighted by Gasteiger charge is 2.42. The first-order valence-electron chi connectivity index (χ1n) is 9.37. The van der Waals surface area contributed by atoms with Crippen LogP contribution in [0.15, 0.2) is 39.7 Å². The third-order valence-corrected chi connectivity index (χ3v) is 5.50. The summed E-state index contributed by atoms with van der Waals surface area (Å²) < 4.78 is 5.88. The average molecular weight is 354 g/mol. The van der Waals surface area contributed by atoms with Gasteiger partial charge in [-0.1, -0.05) is 18.2 Å². The Morgan fingerprint density at radius 3 is 3.08 bits per heavy atom. The quantitative estimate of drug-likeness (QED) is 0.655. The Morgan fingerprint density at radius 2 is 2.31 bits per heavy atom. The molecule has 2 N–H and O–H groups in total. The molecule has 4 rings (SSSR count). The molecule has 0 aliphatic carbocycles. The summed E-state index contributed by atoms with van der Waals surface area (Å²) in [5, 5.41) is 7.60. The molecule has 0 radical (unpaired) electrons. The van der Waals surface area contributed by atoms with E-state index in [2.05, 4.69) is 32.7 Å². The van der Waals surface area contributed by atoms with Crippen molar-refractivity contribution in [3.63, 3.8) is 0 Å². The predicted octanol–water partition coefficient (Wildman–Crippen LogP) is 2.15. The van der Waals surface area contributed by atoms with Gasteiger partial charge >= 0.3 is 0 Å². The molecule has 2 aliphatic rings. The number of guanidine groups is 1. The summed E-state index contributed by atoms with van der Waals surface area (Å²) >= 11 is 0. The van der Waals surface area contributed by atoms with Gasteiger partial charge in [0.2, 0.25) is 5.91 Å². The van der Waals surface area contributed by atoms with Crippen molar-refractivity contribution in [3.05, 3.63) is 36.1 Å². The fourth-order valence-electron chi connectivity index (χ4n) is 4.22. The van der Waals surface area contributed by atoms with Crippen LogP contribution in [0.1, 0.15) is 25.0 Å². The molecule has 1 atom stereocenters. The molecule has 2 fully saturated rings. The van der Waals surface area contributed by atoms with Crippen molar-refractivity contribution in [1.82, 2.24) is 15.5 Å². The molecule has 0 saturated carbocycles. The van der Waals surface area contributed by atoms with Crippen molar-refractivity contribution in [2.24, 2.45) is 10.4 Å². The van der Waals surface area contributed by atoms with Gasteiger partial charge in [0.05, 0.1) is 0 Å². The number of hydrogen-bond acceptors (Lipinski definition) is 3. The zero-order valence-corrected chi connectivity index (χ0v) is 15.3. The van der Waals surface area contributed by atoms with Gasteiger partial charge in [-0.15, -0.1) is 0 Å². The normalized spacial score (nSPS) is 23.7. The van der Waals surface area contributed by atoms with Crippen molar-refractivity contribution in [3.8, 4) is 0 Å². The molecule has 26 heavy (non-hydrogen) atoms. The van der Waals surface area contributed by atoms with Gasteiger partial charge in [-0.3, -0.25) is 9.79 Å². The minimum absolute atomic E-state index is 0.0751. The number of furan rings is 1. The molecule has 6 nitrogen and oxygen atoms in total. The number of amides is 1. The van der Waals surface area contributed by atoms with E-state index < -0.39 is 0 Å². The Morgan fingerprint density at radius 1 is 1.42 bits per heavy atom. The summed E-state index contributed by atoms with van der Waals surface area (Å²) in [6.45, 7) is 3.43. The Bertz CT molecular complexity index is 795. The number of hydrogen-bond donors (Lipinski definition) is 2. The lowest BCUT2D eigenvalue weighted by atomic mass is 9.79. The van der Waals surface area contributed by atoms with Crippen molar-refractivity contribution in [1.29, 1.82) is 0 Å². The number of fused-ring (bicyclic) bond motifs is 1. The maximum absolute atomic E-state index is 11.7. The number of nitrogens with one attached hydrogen (secondary N) is 2. The molecule has 0 bridgehead atoms. The van der Waals surface area contributed by atoms with Gasteiger partial charge in [0.25, 0.3) is 0 Å². The van der Waals surface area contributed by atoms with E-state index in [-0.39, 0.29) is 11.3 Å². The van der Waals surface area contributed by atoms with Crippen LogP contribution in [0.3, 0.4) is 0 Å². The van der Waals surface area contributed by atoms with E-state index in [0.717, 1.165) is 68.1 Å². The summed E-state index contributed by atoms with van der Waals surface area (Å²) in [5.41, 5.74) is 1.01. The monoisotopic (exact) mass is 354 g/mol. The first-order valence-corrected chi connectivity index (χ1v) is 9.37. The molecule has 138 valence electrons. The van der Waals surface area contributed by atoms with Gasteiger partial charge < -0.3 is 20.0 Å². The Balaban J connectivity index is 1.35. The molecule has 3 heterocycles. The molecule has 1 aromatic carbocycles. The van der Waals surface area contributed by atoms with E-state index in [1.54, 1.807) is 0 Å². The van der Waals surface area contributed by atoms with Gasteiger partial charge in [-0.25, -0.2) is 0 Å². The van der Waals surface area contributed by atoms with Crippen LogP contribution >= 0.6 is 0 Å². The summed E-state index contributed by atoms with van der Waals surface area (Å²) in [4.78, 5) is 18.4. The number of aliphatic imine (C=N–C) groups is 1. The molecular formula is C20H26N4O2. The van der Waals surface area contributed by atoms with E-state index in [0.29, 0.717) is 6.42 Å². The number of carbonyl (C=O) groups excluding carboxylic acids is 1. The highest BCUT2D eigenvalue weighted by atomic mass is 16.3. The van der Waals surface area contributed by atoms with Crippen LogP contribution in [-0.2, 0) is 11.2 Å². The maximum Gasteiger partial charge on any atom is 0.220 e. The molecule has 6 heteroatoms. The highest BCUT2D eigenvalue weighted by molar-refractivity contribution is 5.82. The molecule has 1 amide bonds. The number of para-hydroxylation sites is 1. The minimum atomic E-state index is 0.0751. The maximum atomic E-state index is 11.7. The van der Waals surface area contributed by atoms with Crippen LogP contribution < -0.4 is 10.6 Å². The second-order valence-electron chi connectivity index (χ2n) is 7.45. The van der Waals surface area contributed by atoms with Gasteiger partial charge in [0.15, 0.2) is 5.96 Å². The first kappa shape index (κ1) is 16.9. The minimum Gasteiger partial charge on any atom is -0.461 e. The molecular weight excluding hydrogens is 328 g/mol. The smallest absolute Gasteiger partial charge is 0.220 e. The lowest BCUT2D eigenvalue weighted by Gasteiger charge is -2.40. The van der Waals surface area contributed by atoms with Crippen molar-refractivity contribution < 1.29 is 9.21 Å². The van der Waals surface area contributed by atoms with Crippen molar-refractivity contribution in [2.75, 3.05) is 33.2 Å². The van der Waals surface area contributed by atoms with E-state index in [4.69, 9.17) is 4.42 Å². The number of carbonyl (C=O) groups is 1. The summed E-state index contributed by atoms with van der Waals surface area (Å²) in [7, 11) is 1.82. The molecule has 2 aromatic rings. The van der Waals surface area contributed by atoms with Crippen LogP contribution in [-0.4, -0.2) is 50.0 Å². The molecule has 2 saturated heterocycles. The fraction of sp³-hybridized carbons (Fsp3) is 0.500. The fourth-order valence-corrected chi connectivity index (χ4v) is 4.22. The Labute approximate surface area is 153 Å². The highest BCUT2D eigenvalue weighted by Crippen LogP contribution is 2.35. The Hall–Kier alpha value is -2.50. The van der Waals surface area contributed by atoms with E-state index in [1.807, 2.05) is 25.2 Å². The summed E-state index contributed by atoms with van der Waals surface area (Å²) in [5.74, 6) is 2.08. The third kappa shape index (κ3) is 3.41. The van der Waals surface area contributed by atoms with E-state index in [1.165, 1.54) is 0 Å². The van der Waals surface area contributed by atoms with Crippen molar-refractivity contribution >= 4 is 22.8 Å². The zero-order valence-electron chi connectivity index (χ0n) is 15.3. The average Bonchev–Trinajstić information content (AvgIpc) is 3.22. The summed E-state index contributed by atoms with van der Waals surface area (Å²) in [6, 6.07) is 10.2. The molecule has 2 aliphatic heterocycles. The largest absolute Gasteiger partial charge is 0.461 e. The second-order valence-corrected chi connectivity index (χ2v) is 7.45. The van der Waals surface area contributed by atoms with E-state index >= 15 is 0 Å². The molecule has 1 aromatic heterocycles. The lowest BCUT2D eigenvalue weighted by molar-refractivity contribution is -0.119. The standard InChI is InChI=1S/C20H26N4O2/c1-21-19(24-10-4-8-20(14-24)12-18(25)23-13-20)22-9-7-16-11-15-5-2-3-6-17(15)26-16/h2-3,5-6,11H,4,7-10,12-14H2,1H3,(H,21,22)(H,23,25). The molecule has 1 spiro atoms. The van der Waals surface area contributed by atoms with Crippen molar-refractivity contribution in [2.45, 2.75) is 25.7 Å². The number of nitrogens with zero attached hydrogens (tertiary/aromatic N) is 2. The van der Waals surface area contributed by atoms with Gasteiger partial charge in [0.1, 0.15) is 11.3 Å². The van der Waals surface area contributed by atoms with Crippen LogP contribution in [0.25, 0.3) is 11.0 Å². The number of rotatable bonds is 3. The summed E-state index contributed by atoms with van der Waals surface area (Å²) in [6.07, 6.45) is 3.66. The number of likely N-dealkylation sites (tertiary alicyclic amines) is 1. The SMILES string of the molecule is CN=C(NCCc1cc2ccccc2o1)N1CCCC2(CNC(=O)C2)C1. The van der Waals surface area contributed by atoms with Crippen LogP contribution in [0, 0.1) is 5.41 Å². The van der Waals surface area contributed by atoms with Gasteiger partial charge in [-0.2, -0.15) is 0 Å². The number of benzene rings is 1. The van der Waals surface area contributed by atoms with Gasteiger partial charge in [0, 0.05) is 56.9 Å². The van der Waals surface area contributed by atoms with Crippen LogP contribution in [0.2, 0.25) is 0 Å².